The highest BCUT2D eigenvalue weighted by atomic mass is 127. The average molecular weight is 600 g/mol. The van der Waals surface area contributed by atoms with E-state index in [0.29, 0.717) is 9.26 Å². The predicted molar refractivity (Wildman–Crippen MR) is 119 cm³/mol. The van der Waals surface area contributed by atoms with Crippen LogP contribution in [0.15, 0.2) is 42.6 Å². The zero-order valence-electron chi connectivity index (χ0n) is 16.1. The fourth-order valence-corrected chi connectivity index (χ4v) is 4.99. The number of hydrogen-bond acceptors (Lipinski definition) is 3. The molecule has 168 valence electrons. The van der Waals surface area contributed by atoms with Gasteiger partial charge >= 0.3 is 6.36 Å². The van der Waals surface area contributed by atoms with Crippen LogP contribution in [0.2, 0.25) is 10.0 Å². The van der Waals surface area contributed by atoms with Crippen molar-refractivity contribution in [3.05, 3.63) is 67.7 Å². The maximum atomic E-state index is 13.9. The number of hydrogen-bond donors (Lipinski definition) is 0. The lowest BCUT2D eigenvalue weighted by molar-refractivity contribution is -0.274. The fraction of sp³-hybridized carbons (Fsp3) is 0.200. The molecule has 1 atom stereocenters. The Morgan fingerprint density at radius 1 is 1.16 bits per heavy atom. The number of benzene rings is 2. The van der Waals surface area contributed by atoms with Crippen molar-refractivity contribution in [2.75, 3.05) is 4.90 Å². The zero-order chi connectivity index (χ0) is 23.4. The molecule has 0 saturated heterocycles. The number of anilines is 2. The Morgan fingerprint density at radius 2 is 1.75 bits per heavy atom. The molecule has 1 amide bonds. The Balaban J connectivity index is 1.72. The second-order valence-electron chi connectivity index (χ2n) is 7.22. The molecule has 4 rings (SSSR count). The van der Waals surface area contributed by atoms with Crippen molar-refractivity contribution in [2.45, 2.75) is 25.2 Å². The second kappa shape index (κ2) is 8.07. The molecular weight excluding hydrogens is 588 g/mol. The number of imidazole rings is 1. The van der Waals surface area contributed by atoms with Crippen LogP contribution in [-0.2, 0) is 16.8 Å². The van der Waals surface area contributed by atoms with Gasteiger partial charge in [0.1, 0.15) is 15.0 Å². The van der Waals surface area contributed by atoms with Gasteiger partial charge in [-0.3, -0.25) is 9.36 Å². The number of aromatic nitrogens is 2. The molecule has 32 heavy (non-hydrogen) atoms. The van der Waals surface area contributed by atoms with E-state index in [4.69, 9.17) is 23.2 Å². The molecule has 2 heterocycles. The normalized spacial score (nSPS) is 18.2. The van der Waals surface area contributed by atoms with Gasteiger partial charge in [-0.2, -0.15) is 0 Å². The summed E-state index contributed by atoms with van der Waals surface area (Å²) >= 11 is 13.9. The van der Waals surface area contributed by atoms with Crippen LogP contribution in [0.5, 0.6) is 5.75 Å². The zero-order valence-corrected chi connectivity index (χ0v) is 19.7. The number of rotatable bonds is 4. The quantitative estimate of drug-likeness (QED) is 0.196. The van der Waals surface area contributed by atoms with E-state index in [-0.39, 0.29) is 39.8 Å². The van der Waals surface area contributed by atoms with E-state index in [1.54, 1.807) is 17.7 Å². The third kappa shape index (κ3) is 4.03. The highest BCUT2D eigenvalue weighted by molar-refractivity contribution is 14.1. The first-order valence-electron chi connectivity index (χ1n) is 8.98. The van der Waals surface area contributed by atoms with Crippen molar-refractivity contribution in [1.82, 2.24) is 9.55 Å². The minimum atomic E-state index is -4.80. The Bertz CT molecular complexity index is 1190. The summed E-state index contributed by atoms with van der Waals surface area (Å²) in [5, 5.41) is -0.496. The summed E-state index contributed by atoms with van der Waals surface area (Å²) in [5.74, 6) is -1.25. The number of halogens is 7. The second-order valence-corrected chi connectivity index (χ2v) is 9.14. The molecular formula is C20H12Cl2F4IN3O2. The Morgan fingerprint density at radius 3 is 2.31 bits per heavy atom. The van der Waals surface area contributed by atoms with E-state index in [9.17, 15) is 22.4 Å². The third-order valence-electron chi connectivity index (χ3n) is 4.99. The number of carbonyl (C=O) groups excluding carboxylic acids is 1. The molecule has 5 nitrogen and oxygen atoms in total. The first-order valence-corrected chi connectivity index (χ1v) is 10.8. The van der Waals surface area contributed by atoms with E-state index < -0.39 is 17.7 Å². The Labute approximate surface area is 203 Å². The maximum absolute atomic E-state index is 13.9. The highest BCUT2D eigenvalue weighted by Gasteiger charge is 2.50. The van der Waals surface area contributed by atoms with Crippen molar-refractivity contribution in [2.24, 2.45) is 0 Å². The molecule has 1 aliphatic rings. The summed E-state index contributed by atoms with van der Waals surface area (Å²) in [6.07, 6.45) is -3.08. The van der Waals surface area contributed by atoms with Crippen molar-refractivity contribution in [1.29, 1.82) is 0 Å². The molecule has 12 heteroatoms. The molecule has 2 aromatic carbocycles. The maximum Gasteiger partial charge on any atom is 0.573 e. The molecule has 0 radical (unpaired) electrons. The first-order chi connectivity index (χ1) is 14.9. The van der Waals surface area contributed by atoms with E-state index in [1.807, 2.05) is 22.6 Å². The van der Waals surface area contributed by atoms with Gasteiger partial charge in [-0.1, -0.05) is 35.3 Å². The van der Waals surface area contributed by atoms with Crippen molar-refractivity contribution < 1.29 is 27.1 Å². The topological polar surface area (TPSA) is 47.4 Å². The van der Waals surface area contributed by atoms with E-state index in [1.165, 1.54) is 41.3 Å². The Kier molecular flexibility index (Phi) is 5.83. The predicted octanol–water partition coefficient (Wildman–Crippen LogP) is 6.47. The molecule has 1 unspecified atom stereocenters. The summed E-state index contributed by atoms with van der Waals surface area (Å²) in [7, 11) is 0. The van der Waals surface area contributed by atoms with Gasteiger partial charge in [-0.15, -0.1) is 13.2 Å². The fourth-order valence-electron chi connectivity index (χ4n) is 3.63. The summed E-state index contributed by atoms with van der Waals surface area (Å²) in [5.41, 5.74) is -0.322. The van der Waals surface area contributed by atoms with Gasteiger partial charge in [-0.25, -0.2) is 14.3 Å². The monoisotopic (exact) mass is 599 g/mol. The van der Waals surface area contributed by atoms with Crippen LogP contribution in [-0.4, -0.2) is 21.8 Å². The van der Waals surface area contributed by atoms with Crippen LogP contribution < -0.4 is 9.64 Å². The summed E-state index contributed by atoms with van der Waals surface area (Å²) in [4.78, 5) is 19.2. The van der Waals surface area contributed by atoms with Gasteiger partial charge in [0.15, 0.2) is 5.82 Å². The highest BCUT2D eigenvalue weighted by Crippen LogP contribution is 2.44. The van der Waals surface area contributed by atoms with E-state index in [2.05, 4.69) is 9.72 Å². The number of alkyl halides is 3. The Hall–Kier alpha value is -2.05. The van der Waals surface area contributed by atoms with Gasteiger partial charge < -0.3 is 4.74 Å². The average Bonchev–Trinajstić information content (AvgIpc) is 3.17. The lowest BCUT2D eigenvalue weighted by atomic mass is 9.92. The summed E-state index contributed by atoms with van der Waals surface area (Å²) < 4.78 is 57.4. The lowest BCUT2D eigenvalue weighted by Gasteiger charge is -2.26. The summed E-state index contributed by atoms with van der Waals surface area (Å²) in [6.45, 7) is 1.69. The largest absolute Gasteiger partial charge is 0.573 e. The molecule has 0 saturated carbocycles. The molecule has 1 aromatic heterocycles. The summed E-state index contributed by atoms with van der Waals surface area (Å²) in [6, 6.07) is 7.84. The van der Waals surface area contributed by atoms with E-state index >= 15 is 0 Å². The van der Waals surface area contributed by atoms with Crippen LogP contribution in [0, 0.1) is 9.52 Å². The molecule has 0 aliphatic carbocycles. The van der Waals surface area contributed by atoms with E-state index in [0.717, 1.165) is 0 Å². The number of amides is 1. The molecule has 1 aliphatic heterocycles. The van der Waals surface area contributed by atoms with Crippen LogP contribution in [0.3, 0.4) is 0 Å². The molecule has 0 N–H and O–H groups in total. The van der Waals surface area contributed by atoms with Crippen molar-refractivity contribution >= 4 is 63.3 Å². The number of ether oxygens (including phenoxy) is 1. The van der Waals surface area contributed by atoms with Crippen LogP contribution in [0.4, 0.5) is 29.2 Å². The minimum Gasteiger partial charge on any atom is -0.406 e. The van der Waals surface area contributed by atoms with Crippen LogP contribution in [0.1, 0.15) is 12.5 Å². The van der Waals surface area contributed by atoms with Crippen molar-refractivity contribution in [3.8, 4) is 5.75 Å². The van der Waals surface area contributed by atoms with Crippen LogP contribution in [0.25, 0.3) is 0 Å². The van der Waals surface area contributed by atoms with Gasteiger partial charge in [-0.05, 0) is 59.3 Å². The smallest absolute Gasteiger partial charge is 0.406 e. The van der Waals surface area contributed by atoms with Gasteiger partial charge in [0.05, 0.1) is 21.9 Å². The van der Waals surface area contributed by atoms with Gasteiger partial charge in [0.2, 0.25) is 5.95 Å². The molecule has 0 bridgehead atoms. The third-order valence-corrected chi connectivity index (χ3v) is 6.30. The molecule has 0 fully saturated rings. The number of carbonyl (C=O) groups is 1. The molecule has 0 spiro atoms. The van der Waals surface area contributed by atoms with Crippen LogP contribution >= 0.6 is 45.8 Å². The lowest BCUT2D eigenvalue weighted by Crippen LogP contribution is -2.41. The van der Waals surface area contributed by atoms with Gasteiger partial charge in [0, 0.05) is 6.42 Å². The first kappa shape index (κ1) is 23.1. The number of fused-ring (bicyclic) bond motifs is 1. The standard InChI is InChI=1S/C20H12Cl2F4IN3O2/c1-19(8-10-2-4-12(5-3-10)32-20(24,25)26)17(31)29(18-28-9-15(27)30(18)19)11-6-13(21)16(23)14(22)7-11/h2-7,9H,8H2,1H3. The minimum absolute atomic E-state index is 0.149. The SMILES string of the molecule is CC1(Cc2ccc(OC(F)(F)F)cc2)C(=O)N(c2cc(Cl)c(F)c(Cl)c2)c2ncc(I)n21. The van der Waals surface area contributed by atoms with Gasteiger partial charge in [0.25, 0.3) is 5.91 Å². The van der Waals surface area contributed by atoms with Crippen molar-refractivity contribution in [3.63, 3.8) is 0 Å². The number of nitrogens with zero attached hydrogens (tertiary/aromatic N) is 3. The molecule has 3 aromatic rings.